The minimum Gasteiger partial charge on any atom is -0.507 e. The van der Waals surface area contributed by atoms with Crippen LogP contribution in [0.3, 0.4) is 0 Å². The SMILES string of the molecule is CCCCc1cc(O)c(Cn2cc(C[C@H](O)COC(=O)c3cccc(OC)c3)c3ccccc32)c(O)c1. The molecule has 0 radical (unpaired) electrons. The number of aliphatic hydroxyl groups excluding tert-OH is 1. The van der Waals surface area contributed by atoms with Crippen molar-refractivity contribution in [1.29, 1.82) is 0 Å². The number of nitrogens with zero attached hydrogens (tertiary/aromatic N) is 1. The van der Waals surface area contributed by atoms with Crippen molar-refractivity contribution in [1.82, 2.24) is 4.57 Å². The van der Waals surface area contributed by atoms with E-state index in [0.29, 0.717) is 16.9 Å². The standard InChI is InChI=1S/C30H33NO6/c1-3-4-8-20-13-28(33)26(29(34)14-20)18-31-17-22(25-11-5-6-12-27(25)31)15-23(32)19-37-30(35)21-9-7-10-24(16-21)36-2/h5-7,9-14,16-17,23,32-34H,3-4,8,15,18-19H2,1-2H3/t23-/m0/s1. The number of carbonyl (C=O) groups excluding carboxylic acids is 1. The number of aliphatic hydroxyl groups is 1. The molecular formula is C30H33NO6. The number of hydrogen-bond donors (Lipinski definition) is 3. The minimum absolute atomic E-state index is 0.0647. The Morgan fingerprint density at radius 1 is 1.03 bits per heavy atom. The molecule has 0 saturated carbocycles. The quantitative estimate of drug-likeness (QED) is 0.243. The molecule has 37 heavy (non-hydrogen) atoms. The normalized spacial score (nSPS) is 12.0. The van der Waals surface area contributed by atoms with Crippen LogP contribution >= 0.6 is 0 Å². The van der Waals surface area contributed by atoms with E-state index in [4.69, 9.17) is 9.47 Å². The molecular weight excluding hydrogens is 470 g/mol. The van der Waals surface area contributed by atoms with E-state index in [-0.39, 0.29) is 31.1 Å². The highest BCUT2D eigenvalue weighted by molar-refractivity contribution is 5.90. The first-order chi connectivity index (χ1) is 17.9. The molecule has 0 fully saturated rings. The number of aromatic nitrogens is 1. The van der Waals surface area contributed by atoms with Gasteiger partial charge in [-0.1, -0.05) is 37.6 Å². The summed E-state index contributed by atoms with van der Waals surface area (Å²) in [5.74, 6) is 0.147. The Morgan fingerprint density at radius 2 is 1.78 bits per heavy atom. The summed E-state index contributed by atoms with van der Waals surface area (Å²) >= 11 is 0. The van der Waals surface area contributed by atoms with Crippen LogP contribution in [0, 0.1) is 0 Å². The smallest absolute Gasteiger partial charge is 0.338 e. The molecule has 7 nitrogen and oxygen atoms in total. The van der Waals surface area contributed by atoms with Crippen LogP contribution in [0.15, 0.2) is 66.9 Å². The number of benzene rings is 3. The average molecular weight is 504 g/mol. The van der Waals surface area contributed by atoms with Gasteiger partial charge >= 0.3 is 5.97 Å². The predicted molar refractivity (Wildman–Crippen MR) is 142 cm³/mol. The number of para-hydroxylation sites is 1. The van der Waals surface area contributed by atoms with E-state index in [1.165, 1.54) is 7.11 Å². The Bertz CT molecular complexity index is 1350. The molecule has 3 aromatic carbocycles. The summed E-state index contributed by atoms with van der Waals surface area (Å²) < 4.78 is 12.4. The van der Waals surface area contributed by atoms with Gasteiger partial charge in [-0.25, -0.2) is 4.79 Å². The van der Waals surface area contributed by atoms with E-state index in [1.807, 2.05) is 35.0 Å². The van der Waals surface area contributed by atoms with Crippen molar-refractivity contribution in [2.45, 2.75) is 45.3 Å². The summed E-state index contributed by atoms with van der Waals surface area (Å²) in [6.45, 7) is 2.22. The van der Waals surface area contributed by atoms with Gasteiger partial charge in [0.15, 0.2) is 0 Å². The lowest BCUT2D eigenvalue weighted by Gasteiger charge is -2.12. The van der Waals surface area contributed by atoms with Crippen LogP contribution in [-0.4, -0.2) is 45.7 Å². The van der Waals surface area contributed by atoms with E-state index in [0.717, 1.165) is 41.3 Å². The first kappa shape index (κ1) is 26.1. The molecule has 4 aromatic rings. The third kappa shape index (κ3) is 6.24. The minimum atomic E-state index is -0.909. The number of phenolic OH excluding ortho intramolecular Hbond substituents is 2. The van der Waals surface area contributed by atoms with Crippen LogP contribution in [0.1, 0.15) is 46.8 Å². The molecule has 0 aliphatic heterocycles. The first-order valence-corrected chi connectivity index (χ1v) is 12.5. The fourth-order valence-electron chi connectivity index (χ4n) is 4.49. The number of ether oxygens (including phenoxy) is 2. The predicted octanol–water partition coefficient (Wildman–Crippen LogP) is 5.21. The van der Waals surface area contributed by atoms with Crippen molar-refractivity contribution in [2.75, 3.05) is 13.7 Å². The zero-order valence-corrected chi connectivity index (χ0v) is 21.2. The van der Waals surface area contributed by atoms with Gasteiger partial charge in [-0.2, -0.15) is 0 Å². The van der Waals surface area contributed by atoms with Gasteiger partial charge in [-0.3, -0.25) is 0 Å². The molecule has 1 heterocycles. The van der Waals surface area contributed by atoms with Crippen LogP contribution in [0.4, 0.5) is 0 Å². The van der Waals surface area contributed by atoms with Crippen LogP contribution in [-0.2, 0) is 24.1 Å². The molecule has 3 N–H and O–H groups in total. The highest BCUT2D eigenvalue weighted by Gasteiger charge is 2.18. The molecule has 0 bridgehead atoms. The van der Waals surface area contributed by atoms with E-state index >= 15 is 0 Å². The van der Waals surface area contributed by atoms with Crippen LogP contribution in [0.25, 0.3) is 10.9 Å². The van der Waals surface area contributed by atoms with Gasteiger partial charge in [0.1, 0.15) is 23.9 Å². The summed E-state index contributed by atoms with van der Waals surface area (Å²) in [4.78, 5) is 12.4. The number of methoxy groups -OCH3 is 1. The number of unbranched alkanes of at least 4 members (excludes halogenated alkanes) is 1. The van der Waals surface area contributed by atoms with E-state index < -0.39 is 12.1 Å². The molecule has 1 aromatic heterocycles. The van der Waals surface area contributed by atoms with Crippen LogP contribution in [0.2, 0.25) is 0 Å². The zero-order valence-electron chi connectivity index (χ0n) is 21.2. The molecule has 194 valence electrons. The Labute approximate surface area is 216 Å². The van der Waals surface area contributed by atoms with E-state index in [9.17, 15) is 20.1 Å². The summed E-state index contributed by atoms with van der Waals surface area (Å²) in [7, 11) is 1.52. The monoisotopic (exact) mass is 503 g/mol. The summed E-state index contributed by atoms with van der Waals surface area (Å²) in [5, 5.41) is 32.9. The van der Waals surface area contributed by atoms with Crippen molar-refractivity contribution in [3.8, 4) is 17.2 Å². The summed E-state index contributed by atoms with van der Waals surface area (Å²) in [6, 6.07) is 17.9. The third-order valence-electron chi connectivity index (χ3n) is 6.45. The van der Waals surface area contributed by atoms with Crippen molar-refractivity contribution >= 4 is 16.9 Å². The molecule has 4 rings (SSSR count). The molecule has 1 atom stereocenters. The fraction of sp³-hybridized carbons (Fsp3) is 0.300. The van der Waals surface area contributed by atoms with Crippen molar-refractivity contribution in [2.24, 2.45) is 0 Å². The van der Waals surface area contributed by atoms with E-state index in [2.05, 4.69) is 6.92 Å². The van der Waals surface area contributed by atoms with Gasteiger partial charge in [-0.05, 0) is 60.4 Å². The lowest BCUT2D eigenvalue weighted by Crippen LogP contribution is -2.21. The zero-order chi connectivity index (χ0) is 26.4. The van der Waals surface area contributed by atoms with Crippen LogP contribution in [0.5, 0.6) is 17.2 Å². The Kier molecular flexibility index (Phi) is 8.36. The van der Waals surface area contributed by atoms with Gasteiger partial charge in [0.25, 0.3) is 0 Å². The Balaban J connectivity index is 1.48. The van der Waals surface area contributed by atoms with Gasteiger partial charge in [-0.15, -0.1) is 0 Å². The Morgan fingerprint density at radius 3 is 2.51 bits per heavy atom. The number of aromatic hydroxyl groups is 2. The first-order valence-electron chi connectivity index (χ1n) is 12.5. The molecule has 0 aliphatic carbocycles. The number of carbonyl (C=O) groups is 1. The lowest BCUT2D eigenvalue weighted by molar-refractivity contribution is 0.0259. The second-order valence-electron chi connectivity index (χ2n) is 9.20. The van der Waals surface area contributed by atoms with Gasteiger partial charge in [0.05, 0.1) is 30.9 Å². The average Bonchev–Trinajstić information content (AvgIpc) is 3.25. The molecule has 0 spiro atoms. The molecule has 0 amide bonds. The van der Waals surface area contributed by atoms with Crippen LogP contribution < -0.4 is 4.74 Å². The lowest BCUT2D eigenvalue weighted by atomic mass is 10.0. The summed E-state index contributed by atoms with van der Waals surface area (Å²) in [5.41, 5.74) is 3.49. The molecule has 0 unspecified atom stereocenters. The number of fused-ring (bicyclic) bond motifs is 1. The van der Waals surface area contributed by atoms with Gasteiger partial charge < -0.3 is 29.4 Å². The number of aryl methyl sites for hydroxylation is 1. The maximum atomic E-state index is 12.4. The number of esters is 1. The fourth-order valence-corrected chi connectivity index (χ4v) is 4.49. The molecule has 0 saturated heterocycles. The number of hydrogen-bond acceptors (Lipinski definition) is 6. The second kappa shape index (κ2) is 11.8. The number of phenols is 2. The van der Waals surface area contributed by atoms with Gasteiger partial charge in [0, 0.05) is 23.5 Å². The van der Waals surface area contributed by atoms with Crippen molar-refractivity contribution < 1.29 is 29.6 Å². The maximum absolute atomic E-state index is 12.4. The highest BCUT2D eigenvalue weighted by Crippen LogP contribution is 2.32. The van der Waals surface area contributed by atoms with Crippen molar-refractivity contribution in [3.05, 3.63) is 89.1 Å². The topological polar surface area (TPSA) is 101 Å². The largest absolute Gasteiger partial charge is 0.507 e. The highest BCUT2D eigenvalue weighted by atomic mass is 16.5. The van der Waals surface area contributed by atoms with Gasteiger partial charge in [0.2, 0.25) is 0 Å². The molecule has 0 aliphatic rings. The third-order valence-corrected chi connectivity index (χ3v) is 6.45. The Hall–Kier alpha value is -3.97. The van der Waals surface area contributed by atoms with E-state index in [1.54, 1.807) is 36.4 Å². The number of rotatable bonds is 11. The molecule has 7 heteroatoms. The maximum Gasteiger partial charge on any atom is 0.338 e. The second-order valence-corrected chi connectivity index (χ2v) is 9.20. The van der Waals surface area contributed by atoms with Crippen molar-refractivity contribution in [3.63, 3.8) is 0 Å². The summed E-state index contributed by atoms with van der Waals surface area (Å²) in [6.07, 6.45) is 4.09.